The number of rotatable bonds is 5. The Kier molecular flexibility index (Phi) is 5.41. The zero-order valence-electron chi connectivity index (χ0n) is 13.0. The second kappa shape index (κ2) is 7.72. The summed E-state index contributed by atoms with van der Waals surface area (Å²) in [6.07, 6.45) is 4.03. The molecule has 0 aliphatic carbocycles. The first-order valence-corrected chi connectivity index (χ1v) is 9.07. The van der Waals surface area contributed by atoms with Gasteiger partial charge in [-0.2, -0.15) is 5.26 Å². The Hall–Kier alpha value is -2.30. The van der Waals surface area contributed by atoms with Gasteiger partial charge in [-0.15, -0.1) is 0 Å². The Bertz CT molecular complexity index is 976. The van der Waals surface area contributed by atoms with Crippen LogP contribution in [0.1, 0.15) is 11.3 Å². The fourth-order valence-electron chi connectivity index (χ4n) is 2.47. The van der Waals surface area contributed by atoms with Gasteiger partial charge in [0.2, 0.25) is 0 Å². The zero-order chi connectivity index (χ0) is 17.8. The van der Waals surface area contributed by atoms with E-state index in [0.29, 0.717) is 23.4 Å². The fraction of sp³-hybridized carbons (Fsp3) is 0.111. The summed E-state index contributed by atoms with van der Waals surface area (Å²) in [6.45, 7) is 0.436. The minimum Gasteiger partial charge on any atom is -0.449 e. The lowest BCUT2D eigenvalue weighted by atomic mass is 10.1. The Balaban J connectivity index is 1.64. The normalized spacial score (nSPS) is 11.5. The van der Waals surface area contributed by atoms with E-state index in [1.165, 1.54) is 6.08 Å². The largest absolute Gasteiger partial charge is 0.449 e. The number of para-hydroxylation sites is 1. The van der Waals surface area contributed by atoms with Crippen LogP contribution in [0.3, 0.4) is 0 Å². The highest BCUT2D eigenvalue weighted by molar-refractivity contribution is 9.13. The van der Waals surface area contributed by atoms with Crippen LogP contribution in [0.5, 0.6) is 0 Å². The molecule has 0 saturated carbocycles. The molecule has 0 radical (unpaired) electrons. The third kappa shape index (κ3) is 4.03. The smallest absolute Gasteiger partial charge is 0.262 e. The molecule has 7 heteroatoms. The first kappa shape index (κ1) is 17.5. The second-order valence-corrected chi connectivity index (χ2v) is 6.88. The summed E-state index contributed by atoms with van der Waals surface area (Å²) in [5.74, 6) is -0.00642. The van der Waals surface area contributed by atoms with E-state index in [-0.39, 0.29) is 5.57 Å². The molecular weight excluding hydrogens is 450 g/mol. The Morgan fingerprint density at radius 2 is 2.16 bits per heavy atom. The second-order valence-electron chi connectivity index (χ2n) is 5.31. The number of hydrogen-bond acceptors (Lipinski definition) is 3. The van der Waals surface area contributed by atoms with Crippen LogP contribution in [0.2, 0.25) is 0 Å². The molecule has 1 amide bonds. The van der Waals surface area contributed by atoms with Crippen molar-refractivity contribution in [2.75, 3.05) is 6.54 Å². The van der Waals surface area contributed by atoms with E-state index in [4.69, 9.17) is 4.42 Å². The third-order valence-corrected chi connectivity index (χ3v) is 5.38. The number of nitrogens with one attached hydrogen (secondary N) is 2. The molecule has 3 rings (SSSR count). The summed E-state index contributed by atoms with van der Waals surface area (Å²) < 4.78 is 6.59. The molecule has 0 spiro atoms. The lowest BCUT2D eigenvalue weighted by molar-refractivity contribution is -0.117. The number of halogens is 2. The van der Waals surface area contributed by atoms with Gasteiger partial charge in [-0.1, -0.05) is 18.2 Å². The van der Waals surface area contributed by atoms with Crippen LogP contribution in [-0.2, 0) is 11.2 Å². The van der Waals surface area contributed by atoms with Gasteiger partial charge in [-0.25, -0.2) is 0 Å². The maximum Gasteiger partial charge on any atom is 0.262 e. The molecule has 0 aliphatic rings. The van der Waals surface area contributed by atoms with Crippen molar-refractivity contribution in [1.29, 1.82) is 5.26 Å². The van der Waals surface area contributed by atoms with Crippen LogP contribution < -0.4 is 5.32 Å². The molecule has 0 bridgehead atoms. The number of aromatic nitrogens is 1. The van der Waals surface area contributed by atoms with Crippen LogP contribution in [-0.4, -0.2) is 17.4 Å². The Morgan fingerprint density at radius 3 is 2.88 bits per heavy atom. The SMILES string of the molecule is N#C/C(=C/c1cc(Br)c(Br)o1)C(=O)NCCc1c[nH]c2ccccc12. The first-order chi connectivity index (χ1) is 12.1. The zero-order valence-corrected chi connectivity index (χ0v) is 16.1. The molecule has 0 aliphatic heterocycles. The van der Waals surface area contributed by atoms with Crippen LogP contribution >= 0.6 is 31.9 Å². The number of benzene rings is 1. The molecule has 0 unspecified atom stereocenters. The average Bonchev–Trinajstić information content (AvgIpc) is 3.16. The highest BCUT2D eigenvalue weighted by Crippen LogP contribution is 2.27. The van der Waals surface area contributed by atoms with E-state index in [1.807, 2.05) is 36.5 Å². The van der Waals surface area contributed by atoms with E-state index in [0.717, 1.165) is 20.9 Å². The lowest BCUT2D eigenvalue weighted by Crippen LogP contribution is -2.26. The van der Waals surface area contributed by atoms with Gasteiger partial charge in [-0.05, 0) is 56.0 Å². The maximum atomic E-state index is 12.2. The van der Waals surface area contributed by atoms with Crippen molar-refractivity contribution in [2.45, 2.75) is 6.42 Å². The summed E-state index contributed by atoms with van der Waals surface area (Å²) in [4.78, 5) is 15.4. The highest BCUT2D eigenvalue weighted by Gasteiger charge is 2.12. The van der Waals surface area contributed by atoms with E-state index in [9.17, 15) is 10.1 Å². The van der Waals surface area contributed by atoms with Gasteiger partial charge in [0.05, 0.1) is 4.47 Å². The number of H-pyrrole nitrogens is 1. The van der Waals surface area contributed by atoms with Gasteiger partial charge in [0, 0.05) is 29.7 Å². The number of aromatic amines is 1. The Morgan fingerprint density at radius 1 is 1.36 bits per heavy atom. The quantitative estimate of drug-likeness (QED) is 0.431. The van der Waals surface area contributed by atoms with Gasteiger partial charge in [0.15, 0.2) is 4.67 Å². The molecule has 25 heavy (non-hydrogen) atoms. The average molecular weight is 463 g/mol. The summed E-state index contributed by atoms with van der Waals surface area (Å²) in [6, 6.07) is 11.6. The third-order valence-electron chi connectivity index (χ3n) is 3.67. The predicted octanol–water partition coefficient (Wildman–Crippen LogP) is 4.55. The number of nitriles is 1. The minimum atomic E-state index is -0.425. The molecule has 2 aromatic heterocycles. The minimum absolute atomic E-state index is 0.00678. The molecule has 0 atom stereocenters. The number of carbonyl (C=O) groups is 1. The number of amides is 1. The number of furan rings is 1. The summed E-state index contributed by atoms with van der Waals surface area (Å²) in [5.41, 5.74) is 2.18. The number of fused-ring (bicyclic) bond motifs is 1. The van der Waals surface area contributed by atoms with Crippen molar-refractivity contribution in [3.63, 3.8) is 0 Å². The van der Waals surface area contributed by atoms with Crippen LogP contribution in [0.25, 0.3) is 17.0 Å². The van der Waals surface area contributed by atoms with Crippen molar-refractivity contribution < 1.29 is 9.21 Å². The van der Waals surface area contributed by atoms with E-state index in [2.05, 4.69) is 42.2 Å². The number of nitrogens with zero attached hydrogens (tertiary/aromatic N) is 1. The molecule has 3 aromatic rings. The van der Waals surface area contributed by atoms with Gasteiger partial charge in [-0.3, -0.25) is 4.79 Å². The van der Waals surface area contributed by atoms with Gasteiger partial charge >= 0.3 is 0 Å². The molecule has 0 fully saturated rings. The monoisotopic (exact) mass is 461 g/mol. The van der Waals surface area contributed by atoms with E-state index < -0.39 is 5.91 Å². The highest BCUT2D eigenvalue weighted by atomic mass is 79.9. The summed E-state index contributed by atoms with van der Waals surface area (Å²) >= 11 is 6.51. The molecule has 0 saturated heterocycles. The molecule has 5 nitrogen and oxygen atoms in total. The number of carbonyl (C=O) groups excluding carboxylic acids is 1. The lowest BCUT2D eigenvalue weighted by Gasteiger charge is -2.03. The first-order valence-electron chi connectivity index (χ1n) is 7.48. The van der Waals surface area contributed by atoms with Crippen molar-refractivity contribution in [3.8, 4) is 6.07 Å². The van der Waals surface area contributed by atoms with E-state index >= 15 is 0 Å². The van der Waals surface area contributed by atoms with E-state index in [1.54, 1.807) is 6.07 Å². The molecule has 2 heterocycles. The van der Waals surface area contributed by atoms with Crippen molar-refractivity contribution in [2.24, 2.45) is 0 Å². The van der Waals surface area contributed by atoms with Gasteiger partial charge in [0.1, 0.15) is 17.4 Å². The molecular formula is C18H13Br2N3O2. The molecule has 126 valence electrons. The summed E-state index contributed by atoms with van der Waals surface area (Å²) in [7, 11) is 0. The van der Waals surface area contributed by atoms with Crippen molar-refractivity contribution in [3.05, 3.63) is 62.6 Å². The fourth-order valence-corrected chi connectivity index (χ4v) is 3.08. The van der Waals surface area contributed by atoms with Crippen LogP contribution in [0.15, 0.2) is 55.7 Å². The van der Waals surface area contributed by atoms with Crippen LogP contribution in [0, 0.1) is 11.3 Å². The standard InChI is InChI=1S/C18H13Br2N3O2/c19-15-8-13(25-17(15)20)7-12(9-21)18(24)22-6-5-11-10-23-16-4-2-1-3-14(11)16/h1-4,7-8,10,23H,5-6H2,(H,22,24)/b12-7-. The number of hydrogen-bond donors (Lipinski definition) is 2. The van der Waals surface area contributed by atoms with Gasteiger partial charge in [0.25, 0.3) is 5.91 Å². The van der Waals surface area contributed by atoms with Crippen molar-refractivity contribution >= 4 is 54.7 Å². The van der Waals surface area contributed by atoms with Crippen LogP contribution in [0.4, 0.5) is 0 Å². The maximum absolute atomic E-state index is 12.2. The van der Waals surface area contributed by atoms with Gasteiger partial charge < -0.3 is 14.7 Å². The Labute approximate surface area is 161 Å². The summed E-state index contributed by atoms with van der Waals surface area (Å²) in [5, 5.41) is 13.1. The van der Waals surface area contributed by atoms with Crippen molar-refractivity contribution in [1.82, 2.24) is 10.3 Å². The topological polar surface area (TPSA) is 81.8 Å². The molecule has 1 aromatic carbocycles. The predicted molar refractivity (Wildman–Crippen MR) is 103 cm³/mol. The molecule has 2 N–H and O–H groups in total.